The molecule has 0 aromatic heterocycles. The van der Waals surface area contributed by atoms with E-state index in [2.05, 4.69) is 20.9 Å². The average molecular weight is 749 g/mol. The Morgan fingerprint density at radius 2 is 1.75 bits per heavy atom. The van der Waals surface area contributed by atoms with Crippen LogP contribution >= 0.6 is 34.8 Å². The Balaban J connectivity index is 1.17. The number of likely N-dealkylation sites (tertiary alicyclic amines) is 1. The van der Waals surface area contributed by atoms with Crippen LogP contribution in [-0.2, 0) is 29.2 Å². The van der Waals surface area contributed by atoms with Gasteiger partial charge in [-0.25, -0.2) is 0 Å². The van der Waals surface area contributed by atoms with E-state index >= 15 is 0 Å². The Morgan fingerprint density at radius 3 is 2.43 bits per heavy atom. The standard InChI is InChI=1S/C39H40Cl3N5O4/c1-51-36-16-25(33(40)15-26(36)22-47-13-12-24(21-47)39(49)50)19-45-35-7-3-4-28(32(35)17-43)30-5-2-6-31(38(30)42)29-10-8-23(14-34(29)41)18-44-20-27-9-11-37(48)46-27/h2-8,10,14-17,24,27,43-45H,9,11-13,18-22H2,1H3,(H,46,48)(H,49,50). The van der Waals surface area contributed by atoms with E-state index in [-0.39, 0.29) is 17.9 Å². The molecule has 1 amide bonds. The van der Waals surface area contributed by atoms with E-state index in [1.54, 1.807) is 7.11 Å². The smallest absolute Gasteiger partial charge is 0.307 e. The van der Waals surface area contributed by atoms with Gasteiger partial charge >= 0.3 is 5.97 Å². The van der Waals surface area contributed by atoms with Crippen molar-refractivity contribution >= 4 is 58.6 Å². The quantitative estimate of drug-likeness (QED) is 0.0831. The van der Waals surface area contributed by atoms with Crippen LogP contribution in [0, 0.1) is 11.3 Å². The highest BCUT2D eigenvalue weighted by Crippen LogP contribution is 2.41. The number of anilines is 1. The third-order valence-corrected chi connectivity index (χ3v) is 10.7. The van der Waals surface area contributed by atoms with E-state index in [0.29, 0.717) is 78.5 Å². The summed E-state index contributed by atoms with van der Waals surface area (Å²) >= 11 is 20.7. The van der Waals surface area contributed by atoms with Crippen molar-refractivity contribution in [2.45, 2.75) is 44.9 Å². The van der Waals surface area contributed by atoms with Crippen molar-refractivity contribution < 1.29 is 19.4 Å². The van der Waals surface area contributed by atoms with Gasteiger partial charge in [0.25, 0.3) is 0 Å². The summed E-state index contributed by atoms with van der Waals surface area (Å²) in [6.07, 6.45) is 3.36. The highest BCUT2D eigenvalue weighted by Gasteiger charge is 2.28. The van der Waals surface area contributed by atoms with Gasteiger partial charge in [-0.1, -0.05) is 77.3 Å². The zero-order chi connectivity index (χ0) is 36.1. The third kappa shape index (κ3) is 8.51. The summed E-state index contributed by atoms with van der Waals surface area (Å²) in [5.41, 5.74) is 7.31. The van der Waals surface area contributed by atoms with Gasteiger partial charge in [0.15, 0.2) is 0 Å². The van der Waals surface area contributed by atoms with Gasteiger partial charge in [0.2, 0.25) is 5.91 Å². The average Bonchev–Trinajstić information content (AvgIpc) is 3.77. The molecule has 12 heteroatoms. The predicted octanol–water partition coefficient (Wildman–Crippen LogP) is 7.87. The lowest BCUT2D eigenvalue weighted by Crippen LogP contribution is -2.35. The van der Waals surface area contributed by atoms with E-state index in [0.717, 1.165) is 51.1 Å². The minimum Gasteiger partial charge on any atom is -0.496 e. The molecule has 0 radical (unpaired) electrons. The van der Waals surface area contributed by atoms with Crippen molar-refractivity contribution in [1.82, 2.24) is 15.5 Å². The number of methoxy groups -OCH3 is 1. The number of rotatable bonds is 14. The highest BCUT2D eigenvalue weighted by atomic mass is 35.5. The lowest BCUT2D eigenvalue weighted by Gasteiger charge is -2.20. The van der Waals surface area contributed by atoms with Gasteiger partial charge in [0.1, 0.15) is 5.75 Å². The second-order valence-corrected chi connectivity index (χ2v) is 14.2. The number of nitrogens with zero attached hydrogens (tertiary/aromatic N) is 1. The van der Waals surface area contributed by atoms with Crippen molar-refractivity contribution in [2.75, 3.05) is 32.1 Å². The maximum Gasteiger partial charge on any atom is 0.307 e. The van der Waals surface area contributed by atoms with Crippen LogP contribution < -0.4 is 20.7 Å². The zero-order valence-electron chi connectivity index (χ0n) is 28.2. The summed E-state index contributed by atoms with van der Waals surface area (Å²) in [6.45, 7) is 3.46. The molecule has 0 saturated carbocycles. The SMILES string of the molecule is COc1cc(CNc2cccc(-c3cccc(-c4ccc(CNCC5CCC(=O)N5)cc4Cl)c3Cl)c2C=N)c(Cl)cc1CN1CCC(C(=O)O)C1. The first kappa shape index (κ1) is 36.7. The molecule has 2 fully saturated rings. The molecule has 0 bridgehead atoms. The Kier molecular flexibility index (Phi) is 11.8. The van der Waals surface area contributed by atoms with Crippen molar-refractivity contribution in [2.24, 2.45) is 5.92 Å². The number of nitrogens with one attached hydrogen (secondary N) is 4. The number of carboxylic acid groups (broad SMARTS) is 1. The minimum absolute atomic E-state index is 0.102. The molecule has 5 N–H and O–H groups in total. The molecule has 6 rings (SSSR count). The highest BCUT2D eigenvalue weighted by molar-refractivity contribution is 6.38. The number of carbonyl (C=O) groups excluding carboxylic acids is 1. The molecule has 4 aromatic rings. The van der Waals surface area contributed by atoms with E-state index in [1.165, 1.54) is 6.21 Å². The molecule has 9 nitrogen and oxygen atoms in total. The summed E-state index contributed by atoms with van der Waals surface area (Å²) in [6, 6.07) is 21.5. The van der Waals surface area contributed by atoms with E-state index in [4.69, 9.17) is 44.9 Å². The molecule has 2 aliphatic rings. The molecule has 266 valence electrons. The largest absolute Gasteiger partial charge is 0.496 e. The fourth-order valence-electron chi connectivity index (χ4n) is 6.86. The number of benzene rings is 4. The van der Waals surface area contributed by atoms with Crippen molar-refractivity contribution in [3.05, 3.63) is 104 Å². The molecule has 2 saturated heterocycles. The van der Waals surface area contributed by atoms with Crippen LogP contribution in [-0.4, -0.2) is 60.9 Å². The van der Waals surface area contributed by atoms with Gasteiger partial charge in [0.05, 0.1) is 18.1 Å². The molecule has 2 unspecified atom stereocenters. The fourth-order valence-corrected chi connectivity index (χ4v) is 7.75. The normalized spacial score (nSPS) is 17.4. The lowest BCUT2D eigenvalue weighted by molar-refractivity contribution is -0.141. The maximum absolute atomic E-state index is 11.5. The number of hydrogen-bond donors (Lipinski definition) is 5. The van der Waals surface area contributed by atoms with Crippen molar-refractivity contribution in [3.8, 4) is 28.0 Å². The number of carbonyl (C=O) groups is 2. The molecule has 51 heavy (non-hydrogen) atoms. The van der Waals surface area contributed by atoms with Crippen LogP contribution in [0.3, 0.4) is 0 Å². The molecule has 2 aliphatic heterocycles. The number of carboxylic acids is 1. The monoisotopic (exact) mass is 747 g/mol. The third-order valence-electron chi connectivity index (χ3n) is 9.60. The topological polar surface area (TPSA) is 127 Å². The molecule has 0 aliphatic carbocycles. The van der Waals surface area contributed by atoms with Crippen molar-refractivity contribution in [1.29, 1.82) is 5.41 Å². The second kappa shape index (κ2) is 16.5. The van der Waals surface area contributed by atoms with Gasteiger partial charge in [-0.05, 0) is 60.3 Å². The predicted molar refractivity (Wildman–Crippen MR) is 204 cm³/mol. The maximum atomic E-state index is 11.5. The number of hydrogen-bond acceptors (Lipinski definition) is 7. The lowest BCUT2D eigenvalue weighted by atomic mass is 9.94. The van der Waals surface area contributed by atoms with Crippen LogP contribution in [0.4, 0.5) is 5.69 Å². The van der Waals surface area contributed by atoms with Crippen LogP contribution in [0.5, 0.6) is 5.75 Å². The zero-order valence-corrected chi connectivity index (χ0v) is 30.5. The summed E-state index contributed by atoms with van der Waals surface area (Å²) in [7, 11) is 1.61. The Hall–Kier alpha value is -4.12. The number of aliphatic carboxylic acids is 1. The first-order chi connectivity index (χ1) is 24.6. The van der Waals surface area contributed by atoms with E-state index in [1.807, 2.05) is 66.7 Å². The minimum atomic E-state index is -0.764. The first-order valence-corrected chi connectivity index (χ1v) is 18.0. The van der Waals surface area contributed by atoms with Crippen LogP contribution in [0.1, 0.15) is 41.5 Å². The van der Waals surface area contributed by atoms with Crippen LogP contribution in [0.2, 0.25) is 15.1 Å². The molecule has 4 aromatic carbocycles. The summed E-state index contributed by atoms with van der Waals surface area (Å²) in [4.78, 5) is 25.0. The van der Waals surface area contributed by atoms with E-state index in [9.17, 15) is 14.7 Å². The molecular formula is C39H40Cl3N5O4. The summed E-state index contributed by atoms with van der Waals surface area (Å²) < 4.78 is 5.71. The number of amides is 1. The number of halogens is 3. The van der Waals surface area contributed by atoms with Crippen molar-refractivity contribution in [3.63, 3.8) is 0 Å². The summed E-state index contributed by atoms with van der Waals surface area (Å²) in [5.74, 6) is -0.337. The summed E-state index contributed by atoms with van der Waals surface area (Å²) in [5, 5.41) is 29.2. The van der Waals surface area contributed by atoms with E-state index < -0.39 is 5.97 Å². The van der Waals surface area contributed by atoms with Gasteiger partial charge < -0.3 is 31.2 Å². The van der Waals surface area contributed by atoms with Gasteiger partial charge in [-0.2, -0.15) is 0 Å². The molecular weight excluding hydrogens is 709 g/mol. The van der Waals surface area contributed by atoms with Crippen LogP contribution in [0.15, 0.2) is 66.7 Å². The molecule has 0 spiro atoms. The molecule has 2 atom stereocenters. The van der Waals surface area contributed by atoms with Gasteiger partial charge in [-0.15, -0.1) is 0 Å². The fraction of sp³-hybridized carbons (Fsp3) is 0.308. The van der Waals surface area contributed by atoms with Gasteiger partial charge in [0, 0.05) is 95.0 Å². The number of ether oxygens (including phenoxy) is 1. The molecule has 2 heterocycles. The Labute approximate surface area is 312 Å². The Morgan fingerprint density at radius 1 is 0.980 bits per heavy atom. The van der Waals surface area contributed by atoms with Gasteiger partial charge in [-0.3, -0.25) is 14.5 Å². The first-order valence-electron chi connectivity index (χ1n) is 16.9. The second-order valence-electron chi connectivity index (χ2n) is 13.0. The van der Waals surface area contributed by atoms with Crippen LogP contribution in [0.25, 0.3) is 22.3 Å². The Bertz CT molecular complexity index is 1950.